The van der Waals surface area contributed by atoms with Gasteiger partial charge < -0.3 is 4.90 Å². The van der Waals surface area contributed by atoms with Crippen molar-refractivity contribution in [1.82, 2.24) is 5.32 Å². The Hall–Kier alpha value is -1.06. The molecular formula is C12H14Br2N4. The van der Waals surface area contributed by atoms with Crippen LogP contribution in [-0.2, 0) is 0 Å². The van der Waals surface area contributed by atoms with Gasteiger partial charge in [-0.2, -0.15) is 5.26 Å². The summed E-state index contributed by atoms with van der Waals surface area (Å²) in [5.41, 5.74) is 0.512. The fourth-order valence-electron chi connectivity index (χ4n) is 1.63. The van der Waals surface area contributed by atoms with Crippen molar-refractivity contribution in [1.29, 1.82) is 10.7 Å². The Labute approximate surface area is 124 Å². The third kappa shape index (κ3) is 3.72. The van der Waals surface area contributed by atoms with Gasteiger partial charge in [0.1, 0.15) is 0 Å². The number of hydrogen-bond acceptors (Lipinski definition) is 2. The van der Waals surface area contributed by atoms with E-state index in [4.69, 9.17) is 10.7 Å². The first-order valence-electron chi connectivity index (χ1n) is 5.25. The molecule has 2 N–H and O–H groups in total. The SMILES string of the molecule is CC(C)(C)N(C(=N)NC#N)c1cc(Br)cc(Br)c1. The predicted octanol–water partition coefficient (Wildman–Crippen LogP) is 3.82. The topological polar surface area (TPSA) is 62.9 Å². The first-order valence-corrected chi connectivity index (χ1v) is 6.84. The number of nitriles is 1. The van der Waals surface area contributed by atoms with E-state index in [-0.39, 0.29) is 11.5 Å². The minimum Gasteiger partial charge on any atom is -0.307 e. The zero-order chi connectivity index (χ0) is 13.9. The van der Waals surface area contributed by atoms with Crippen molar-refractivity contribution in [2.24, 2.45) is 0 Å². The molecule has 6 heteroatoms. The zero-order valence-electron chi connectivity index (χ0n) is 10.4. The average molecular weight is 374 g/mol. The van der Waals surface area contributed by atoms with E-state index in [1.54, 1.807) is 11.1 Å². The molecule has 4 nitrogen and oxygen atoms in total. The lowest BCUT2D eigenvalue weighted by atomic mass is 10.1. The van der Waals surface area contributed by atoms with Crippen LogP contribution in [0.1, 0.15) is 20.8 Å². The molecule has 1 rings (SSSR count). The van der Waals surface area contributed by atoms with E-state index in [9.17, 15) is 0 Å². The summed E-state index contributed by atoms with van der Waals surface area (Å²) >= 11 is 6.85. The van der Waals surface area contributed by atoms with Gasteiger partial charge >= 0.3 is 0 Å². The summed E-state index contributed by atoms with van der Waals surface area (Å²) in [6.45, 7) is 5.94. The maximum Gasteiger partial charge on any atom is 0.209 e. The highest BCUT2D eigenvalue weighted by Crippen LogP contribution is 2.30. The van der Waals surface area contributed by atoms with E-state index in [2.05, 4.69) is 37.2 Å². The molecular weight excluding hydrogens is 360 g/mol. The summed E-state index contributed by atoms with van der Waals surface area (Å²) in [4.78, 5) is 1.76. The number of nitrogens with zero attached hydrogens (tertiary/aromatic N) is 2. The van der Waals surface area contributed by atoms with Crippen molar-refractivity contribution in [3.8, 4) is 6.19 Å². The van der Waals surface area contributed by atoms with Crippen LogP contribution in [0.4, 0.5) is 5.69 Å². The minimum absolute atomic E-state index is 0.0509. The molecule has 0 aromatic heterocycles. The van der Waals surface area contributed by atoms with Crippen molar-refractivity contribution in [3.63, 3.8) is 0 Å². The van der Waals surface area contributed by atoms with Gasteiger partial charge in [-0.1, -0.05) is 31.9 Å². The van der Waals surface area contributed by atoms with Crippen LogP contribution in [0.15, 0.2) is 27.1 Å². The van der Waals surface area contributed by atoms with Gasteiger partial charge in [-0.25, -0.2) is 0 Å². The molecule has 1 aromatic rings. The van der Waals surface area contributed by atoms with Gasteiger partial charge in [0.15, 0.2) is 6.19 Å². The summed E-state index contributed by atoms with van der Waals surface area (Å²) in [5, 5.41) is 19.0. The Morgan fingerprint density at radius 1 is 1.28 bits per heavy atom. The quantitative estimate of drug-likeness (QED) is 0.340. The maximum absolute atomic E-state index is 8.66. The molecule has 0 fully saturated rings. The molecule has 0 bridgehead atoms. The molecule has 0 radical (unpaired) electrons. The van der Waals surface area contributed by atoms with Crippen LogP contribution in [0, 0.1) is 16.9 Å². The zero-order valence-corrected chi connectivity index (χ0v) is 13.6. The maximum atomic E-state index is 8.66. The summed E-state index contributed by atoms with van der Waals surface area (Å²) in [5.74, 6) is 0.0509. The highest BCUT2D eigenvalue weighted by atomic mass is 79.9. The molecule has 96 valence electrons. The second-order valence-corrected chi connectivity index (χ2v) is 6.55. The molecule has 0 atom stereocenters. The third-order valence-electron chi connectivity index (χ3n) is 2.17. The molecule has 0 heterocycles. The standard InChI is InChI=1S/C12H14Br2N4/c1-12(2,3)18(11(16)17-7-15)10-5-8(13)4-9(14)6-10/h4-6H,1-3H3,(H2,16,17). The summed E-state index contributed by atoms with van der Waals surface area (Å²) in [6, 6.07) is 5.74. The van der Waals surface area contributed by atoms with E-state index in [1.807, 2.05) is 39.0 Å². The van der Waals surface area contributed by atoms with E-state index in [0.29, 0.717) is 0 Å². The Bertz CT molecular complexity index is 480. The lowest BCUT2D eigenvalue weighted by Crippen LogP contribution is -2.50. The first kappa shape index (κ1) is 15.0. The van der Waals surface area contributed by atoms with Crippen LogP contribution in [0.5, 0.6) is 0 Å². The normalized spacial score (nSPS) is 10.7. The fourth-order valence-corrected chi connectivity index (χ4v) is 2.90. The van der Waals surface area contributed by atoms with E-state index in [0.717, 1.165) is 14.6 Å². The van der Waals surface area contributed by atoms with Crippen molar-refractivity contribution in [3.05, 3.63) is 27.1 Å². The second-order valence-electron chi connectivity index (χ2n) is 4.72. The lowest BCUT2D eigenvalue weighted by Gasteiger charge is -2.36. The first-order chi connectivity index (χ1) is 8.25. The van der Waals surface area contributed by atoms with Gasteiger partial charge in [0.25, 0.3) is 0 Å². The summed E-state index contributed by atoms with van der Waals surface area (Å²) < 4.78 is 1.82. The van der Waals surface area contributed by atoms with Crippen LogP contribution in [-0.4, -0.2) is 11.5 Å². The second kappa shape index (κ2) is 5.72. The molecule has 0 saturated carbocycles. The summed E-state index contributed by atoms with van der Waals surface area (Å²) in [7, 11) is 0. The van der Waals surface area contributed by atoms with Gasteiger partial charge in [0.2, 0.25) is 5.96 Å². The number of halogens is 2. The Morgan fingerprint density at radius 3 is 2.17 bits per heavy atom. The van der Waals surface area contributed by atoms with E-state index < -0.39 is 0 Å². The molecule has 0 aliphatic carbocycles. The van der Waals surface area contributed by atoms with Crippen molar-refractivity contribution in [2.45, 2.75) is 26.3 Å². The monoisotopic (exact) mass is 372 g/mol. The molecule has 1 aromatic carbocycles. The Balaban J connectivity index is 3.27. The largest absolute Gasteiger partial charge is 0.307 e. The highest BCUT2D eigenvalue weighted by Gasteiger charge is 2.26. The molecule has 0 spiro atoms. The van der Waals surface area contributed by atoms with Crippen molar-refractivity contribution >= 4 is 43.5 Å². The van der Waals surface area contributed by atoms with Gasteiger partial charge in [0.05, 0.1) is 0 Å². The molecule has 0 unspecified atom stereocenters. The van der Waals surface area contributed by atoms with Gasteiger partial charge in [-0.15, -0.1) is 0 Å². The van der Waals surface area contributed by atoms with Crippen LogP contribution in [0.3, 0.4) is 0 Å². The van der Waals surface area contributed by atoms with Crippen molar-refractivity contribution in [2.75, 3.05) is 4.90 Å². The van der Waals surface area contributed by atoms with Crippen LogP contribution >= 0.6 is 31.9 Å². The van der Waals surface area contributed by atoms with Gasteiger partial charge in [-0.3, -0.25) is 10.7 Å². The molecule has 0 aliphatic heterocycles. The van der Waals surface area contributed by atoms with Gasteiger partial charge in [-0.05, 0) is 39.0 Å². The number of guanidine groups is 1. The number of rotatable bonds is 1. The van der Waals surface area contributed by atoms with E-state index >= 15 is 0 Å². The van der Waals surface area contributed by atoms with Crippen LogP contribution in [0.2, 0.25) is 0 Å². The minimum atomic E-state index is -0.318. The van der Waals surface area contributed by atoms with Crippen LogP contribution in [0.25, 0.3) is 0 Å². The Kier molecular flexibility index (Phi) is 4.77. The predicted molar refractivity (Wildman–Crippen MR) is 80.5 cm³/mol. The number of anilines is 1. The van der Waals surface area contributed by atoms with Gasteiger partial charge in [0, 0.05) is 20.2 Å². The molecule has 0 aliphatic rings. The number of benzene rings is 1. The molecule has 0 amide bonds. The molecule has 0 saturated heterocycles. The van der Waals surface area contributed by atoms with E-state index in [1.165, 1.54) is 0 Å². The van der Waals surface area contributed by atoms with Crippen LogP contribution < -0.4 is 10.2 Å². The number of nitrogens with one attached hydrogen (secondary N) is 2. The third-order valence-corrected chi connectivity index (χ3v) is 3.09. The molecule has 18 heavy (non-hydrogen) atoms. The Morgan fingerprint density at radius 2 is 1.78 bits per heavy atom. The summed E-state index contributed by atoms with van der Waals surface area (Å²) in [6.07, 6.45) is 1.78. The lowest BCUT2D eigenvalue weighted by molar-refractivity contribution is 0.565. The van der Waals surface area contributed by atoms with Crippen molar-refractivity contribution < 1.29 is 0 Å². The fraction of sp³-hybridized carbons (Fsp3) is 0.333. The highest BCUT2D eigenvalue weighted by molar-refractivity contribution is 9.11. The smallest absolute Gasteiger partial charge is 0.209 e. The average Bonchev–Trinajstić information content (AvgIpc) is 2.13. The number of hydrogen-bond donors (Lipinski definition) is 2.